The Balaban J connectivity index is 0.00000420. The van der Waals surface area contributed by atoms with Crippen molar-refractivity contribution in [3.8, 4) is 22.7 Å². The number of hydrogen-bond acceptors (Lipinski definition) is 2. The molecule has 0 saturated heterocycles. The van der Waals surface area contributed by atoms with Gasteiger partial charge < -0.3 is 14.4 Å². The zero-order valence-corrected chi connectivity index (χ0v) is 25.6. The van der Waals surface area contributed by atoms with Gasteiger partial charge in [0, 0.05) is 47.4 Å². The second kappa shape index (κ2) is 15.7. The zero-order valence-electron chi connectivity index (χ0n) is 23.6. The second-order valence-corrected chi connectivity index (χ2v) is 10.0. The molecule has 5 heteroatoms. The Bertz CT molecular complexity index is 1280. The van der Waals surface area contributed by atoms with Crippen LogP contribution in [0.1, 0.15) is 62.3 Å². The monoisotopic (exact) mass is 532 g/mol. The van der Waals surface area contributed by atoms with Crippen LogP contribution in [0.15, 0.2) is 91.0 Å². The topological polar surface area (TPSA) is 51.5 Å². The molecule has 1 atom stereocenters. The summed E-state index contributed by atoms with van der Waals surface area (Å²) in [7, 11) is 0. The quantitative estimate of drug-likeness (QED) is 0.132. The molecule has 39 heavy (non-hydrogen) atoms. The van der Waals surface area contributed by atoms with Crippen LogP contribution in [-0.2, 0) is 17.6 Å². The molecule has 0 saturated carbocycles. The van der Waals surface area contributed by atoms with E-state index in [0.29, 0.717) is 12.2 Å². The van der Waals surface area contributed by atoms with E-state index in [1.807, 2.05) is 54.6 Å². The SMILES string of the molecule is CCCCCCCCc1ccc(-n2c(C)ccc2-c2ccc(O[C@H](Cc3ccccc3)C(=O)O)cc2)cc1.[Na]. The van der Waals surface area contributed by atoms with Gasteiger partial charge in [-0.3, -0.25) is 0 Å². The van der Waals surface area contributed by atoms with Gasteiger partial charge in [-0.05, 0) is 85.0 Å². The van der Waals surface area contributed by atoms with Gasteiger partial charge in [0.15, 0.2) is 6.10 Å². The number of aliphatic carboxylic acids is 1. The van der Waals surface area contributed by atoms with Crippen molar-refractivity contribution in [3.63, 3.8) is 0 Å². The van der Waals surface area contributed by atoms with Crippen LogP contribution < -0.4 is 4.74 Å². The molecule has 0 unspecified atom stereocenters. The molecule has 0 aliphatic carbocycles. The minimum atomic E-state index is -0.970. The van der Waals surface area contributed by atoms with E-state index in [1.54, 1.807) is 0 Å². The Morgan fingerprint density at radius 1 is 0.795 bits per heavy atom. The van der Waals surface area contributed by atoms with E-state index in [-0.39, 0.29) is 29.6 Å². The van der Waals surface area contributed by atoms with E-state index in [2.05, 4.69) is 54.8 Å². The maximum atomic E-state index is 11.8. The van der Waals surface area contributed by atoms with Gasteiger partial charge >= 0.3 is 5.97 Å². The third kappa shape index (κ3) is 8.86. The number of benzene rings is 3. The summed E-state index contributed by atoms with van der Waals surface area (Å²) in [5, 5.41) is 9.68. The first-order valence-electron chi connectivity index (χ1n) is 13.9. The van der Waals surface area contributed by atoms with Crippen LogP contribution >= 0.6 is 0 Å². The normalized spacial score (nSPS) is 11.5. The molecule has 1 aromatic heterocycles. The van der Waals surface area contributed by atoms with E-state index in [1.165, 1.54) is 44.1 Å². The molecule has 0 fully saturated rings. The number of nitrogens with zero attached hydrogens (tertiary/aromatic N) is 1. The van der Waals surface area contributed by atoms with E-state index < -0.39 is 12.1 Å². The zero-order chi connectivity index (χ0) is 26.7. The van der Waals surface area contributed by atoms with E-state index >= 15 is 0 Å². The van der Waals surface area contributed by atoms with Crippen LogP contribution in [0.5, 0.6) is 5.75 Å². The summed E-state index contributed by atoms with van der Waals surface area (Å²) in [5.74, 6) is -0.423. The molecule has 1 heterocycles. The number of hydrogen-bond donors (Lipinski definition) is 1. The number of aromatic nitrogens is 1. The van der Waals surface area contributed by atoms with Crippen LogP contribution in [0, 0.1) is 6.92 Å². The smallest absolute Gasteiger partial charge is 0.345 e. The molecule has 3 aromatic carbocycles. The summed E-state index contributed by atoms with van der Waals surface area (Å²) in [6.45, 7) is 4.37. The Morgan fingerprint density at radius 2 is 1.46 bits per heavy atom. The molecule has 0 spiro atoms. The van der Waals surface area contributed by atoms with Gasteiger partial charge in [-0.15, -0.1) is 0 Å². The fourth-order valence-electron chi connectivity index (χ4n) is 4.90. The van der Waals surface area contributed by atoms with Gasteiger partial charge in [0.1, 0.15) is 5.75 Å². The van der Waals surface area contributed by atoms with Crippen LogP contribution in [0.2, 0.25) is 0 Å². The number of unbranched alkanes of at least 4 members (excludes halogenated alkanes) is 5. The van der Waals surface area contributed by atoms with E-state index in [4.69, 9.17) is 4.74 Å². The number of carboxylic acid groups (broad SMARTS) is 1. The minimum Gasteiger partial charge on any atom is -0.478 e. The van der Waals surface area contributed by atoms with Crippen molar-refractivity contribution in [2.45, 2.75) is 71.3 Å². The first kappa shape index (κ1) is 30.7. The van der Waals surface area contributed by atoms with Crippen molar-refractivity contribution in [2.24, 2.45) is 0 Å². The summed E-state index contributed by atoms with van der Waals surface area (Å²) < 4.78 is 8.12. The summed E-state index contributed by atoms with van der Waals surface area (Å²) in [5.41, 5.74) is 6.78. The average molecular weight is 533 g/mol. The molecule has 0 aliphatic heterocycles. The van der Waals surface area contributed by atoms with E-state index in [9.17, 15) is 9.90 Å². The maximum Gasteiger partial charge on any atom is 0.345 e. The number of aryl methyl sites for hydroxylation is 2. The fourth-order valence-corrected chi connectivity index (χ4v) is 4.90. The summed E-state index contributed by atoms with van der Waals surface area (Å²) in [6, 6.07) is 30.4. The van der Waals surface area contributed by atoms with Crippen molar-refractivity contribution >= 4 is 35.5 Å². The Kier molecular flexibility index (Phi) is 12.4. The average Bonchev–Trinajstić information content (AvgIpc) is 3.32. The van der Waals surface area contributed by atoms with Crippen molar-refractivity contribution < 1.29 is 14.6 Å². The first-order valence-corrected chi connectivity index (χ1v) is 13.9. The molecule has 0 aliphatic rings. The molecule has 4 aromatic rings. The molecular weight excluding hydrogens is 493 g/mol. The van der Waals surface area contributed by atoms with Gasteiger partial charge in [-0.25, -0.2) is 4.79 Å². The number of carboxylic acids is 1. The Hall–Kier alpha value is -2.79. The molecule has 1 N–H and O–H groups in total. The predicted octanol–water partition coefficient (Wildman–Crippen LogP) is 8.05. The van der Waals surface area contributed by atoms with Crippen molar-refractivity contribution in [2.75, 3.05) is 0 Å². The van der Waals surface area contributed by atoms with Gasteiger partial charge in [-0.2, -0.15) is 0 Å². The third-order valence-corrected chi connectivity index (χ3v) is 7.06. The van der Waals surface area contributed by atoms with Gasteiger partial charge in [0.05, 0.1) is 5.69 Å². The largest absolute Gasteiger partial charge is 0.478 e. The summed E-state index contributed by atoms with van der Waals surface area (Å²) >= 11 is 0. The standard InChI is InChI=1S/C34H39NO3.Na/c1-3-4-5-6-7-9-12-27-16-20-30(21-17-27)35-26(2)15-24-32(35)29-18-22-31(23-19-29)38-33(34(36)37)25-28-13-10-8-11-14-28;/h8,10-11,13-24,33H,3-7,9,12,25H2,1-2H3,(H,36,37);/t33-;/m1./s1. The molecule has 199 valence electrons. The summed E-state index contributed by atoms with van der Waals surface area (Å²) in [6.07, 6.45) is 8.39. The fraction of sp³-hybridized carbons (Fsp3) is 0.324. The number of ether oxygens (including phenoxy) is 1. The van der Waals surface area contributed by atoms with Crippen LogP contribution in [0.3, 0.4) is 0 Å². The molecule has 4 rings (SSSR count). The van der Waals surface area contributed by atoms with Crippen molar-refractivity contribution in [1.29, 1.82) is 0 Å². The second-order valence-electron chi connectivity index (χ2n) is 10.0. The summed E-state index contributed by atoms with van der Waals surface area (Å²) in [4.78, 5) is 11.8. The number of carbonyl (C=O) groups is 1. The van der Waals surface area contributed by atoms with Crippen LogP contribution in [0.25, 0.3) is 16.9 Å². The predicted molar refractivity (Wildman–Crippen MR) is 161 cm³/mol. The minimum absolute atomic E-state index is 0. The molecule has 1 radical (unpaired) electrons. The molecule has 0 bridgehead atoms. The Labute approximate surface area is 255 Å². The van der Waals surface area contributed by atoms with Gasteiger partial charge in [0.25, 0.3) is 0 Å². The van der Waals surface area contributed by atoms with E-state index in [0.717, 1.165) is 34.6 Å². The Morgan fingerprint density at radius 3 is 2.13 bits per heavy atom. The van der Waals surface area contributed by atoms with Crippen molar-refractivity contribution in [3.05, 3.63) is 108 Å². The maximum absolute atomic E-state index is 11.8. The first-order chi connectivity index (χ1) is 18.5. The van der Waals surface area contributed by atoms with Crippen molar-refractivity contribution in [1.82, 2.24) is 4.57 Å². The number of rotatable bonds is 14. The van der Waals surface area contributed by atoms with Gasteiger partial charge in [-0.1, -0.05) is 81.5 Å². The molecule has 4 nitrogen and oxygen atoms in total. The van der Waals surface area contributed by atoms with Crippen LogP contribution in [0.4, 0.5) is 0 Å². The van der Waals surface area contributed by atoms with Crippen LogP contribution in [-0.4, -0.2) is 51.3 Å². The molecular formula is C34H39NNaO3. The molecule has 0 amide bonds. The third-order valence-electron chi connectivity index (χ3n) is 7.06. The van der Waals surface area contributed by atoms with Gasteiger partial charge in [0.2, 0.25) is 0 Å².